The van der Waals surface area contributed by atoms with Crippen molar-refractivity contribution in [3.8, 4) is 10.4 Å². The number of aliphatic hydroxyl groups is 1. The van der Waals surface area contributed by atoms with Crippen LogP contribution in [0.1, 0.15) is 31.2 Å². The number of urea groups is 1. The number of rotatable bonds is 7. The zero-order valence-electron chi connectivity index (χ0n) is 17.9. The van der Waals surface area contributed by atoms with Crippen LogP contribution in [0.3, 0.4) is 0 Å². The first-order valence-electron chi connectivity index (χ1n) is 9.54. The number of nitrogens with one attached hydrogen (secondary N) is 2. The second-order valence-electron chi connectivity index (χ2n) is 7.66. The first kappa shape index (κ1) is 23.8. The fourth-order valence-electron chi connectivity index (χ4n) is 2.79. The number of nitrogens with zero attached hydrogens (tertiary/aromatic N) is 2. The molecule has 2 amide bonds. The van der Waals surface area contributed by atoms with Crippen LogP contribution in [0.25, 0.3) is 10.4 Å². The number of carbonyl (C=O) groups is 1. The number of halogens is 1. The van der Waals surface area contributed by atoms with Gasteiger partial charge in [-0.2, -0.15) is 0 Å². The van der Waals surface area contributed by atoms with Gasteiger partial charge >= 0.3 is 6.03 Å². The van der Waals surface area contributed by atoms with Gasteiger partial charge in [-0.05, 0) is 38.5 Å². The zero-order chi connectivity index (χ0) is 23.7. The number of carbonyl (C=O) groups excluding carboxylic acids is 1. The van der Waals surface area contributed by atoms with E-state index in [0.717, 1.165) is 23.7 Å². The summed E-state index contributed by atoms with van der Waals surface area (Å²) in [5, 5.41) is 15.5. The maximum atomic E-state index is 14.2. The minimum absolute atomic E-state index is 0.243. The van der Waals surface area contributed by atoms with Crippen molar-refractivity contribution in [2.24, 2.45) is 0 Å². The minimum atomic E-state index is -3.66. The summed E-state index contributed by atoms with van der Waals surface area (Å²) in [6, 6.07) is 3.37. The van der Waals surface area contributed by atoms with Crippen molar-refractivity contribution < 1.29 is 27.1 Å². The van der Waals surface area contributed by atoms with Crippen LogP contribution in [0.4, 0.5) is 14.3 Å². The highest BCUT2D eigenvalue weighted by Gasteiger charge is 2.21. The van der Waals surface area contributed by atoms with Crippen LogP contribution in [0.2, 0.25) is 0 Å². The van der Waals surface area contributed by atoms with Crippen LogP contribution in [-0.4, -0.2) is 42.3 Å². The molecule has 32 heavy (non-hydrogen) atoms. The molecule has 12 heteroatoms. The number of amides is 2. The summed E-state index contributed by atoms with van der Waals surface area (Å²) < 4.78 is 42.9. The Balaban J connectivity index is 1.61. The minimum Gasteiger partial charge on any atom is -0.443 e. The summed E-state index contributed by atoms with van der Waals surface area (Å²) in [4.78, 5) is 20.7. The number of sulfone groups is 1. The summed E-state index contributed by atoms with van der Waals surface area (Å²) in [5.74, 6) is -0.123. The third-order valence-electron chi connectivity index (χ3n) is 4.39. The summed E-state index contributed by atoms with van der Waals surface area (Å²) in [5.41, 5.74) is -0.106. The van der Waals surface area contributed by atoms with Crippen LogP contribution < -0.4 is 10.6 Å². The molecule has 0 bridgehead atoms. The molecule has 1 aromatic carbocycles. The Morgan fingerprint density at radius 2 is 2.06 bits per heavy atom. The van der Waals surface area contributed by atoms with Crippen molar-refractivity contribution >= 4 is 32.3 Å². The molecule has 0 aliphatic heterocycles. The highest BCUT2D eigenvalue weighted by atomic mass is 32.2. The molecule has 0 unspecified atom stereocenters. The smallest absolute Gasteiger partial charge is 0.321 e. The average Bonchev–Trinajstić information content (AvgIpc) is 3.27. The molecule has 0 atom stereocenters. The number of oxazole rings is 1. The van der Waals surface area contributed by atoms with Gasteiger partial charge in [-0.1, -0.05) is 17.4 Å². The molecule has 0 radical (unpaired) electrons. The molecular weight excluding hydrogens is 459 g/mol. The topological polar surface area (TPSA) is 134 Å². The number of thiazole rings is 1. The van der Waals surface area contributed by atoms with E-state index >= 15 is 0 Å². The van der Waals surface area contributed by atoms with Crippen molar-refractivity contribution in [3.63, 3.8) is 0 Å². The lowest BCUT2D eigenvalue weighted by molar-refractivity contribution is 0.0529. The lowest BCUT2D eigenvalue weighted by Gasteiger charge is -2.12. The molecule has 0 fully saturated rings. The molecule has 0 saturated heterocycles. The molecule has 0 spiro atoms. The Labute approximate surface area is 188 Å². The van der Waals surface area contributed by atoms with E-state index in [4.69, 9.17) is 4.42 Å². The standard InChI is InChI=1S/C20H23FN4O5S2/c1-11-17(12-5-6-14(13(21)9-12)32(4,28)29)31-19(24-11)25-18(26)22-8-7-16-23-10-15(30-16)20(2,3)27/h5-6,9-10,27H,7-8H2,1-4H3,(H2,22,24,25,26). The van der Waals surface area contributed by atoms with Gasteiger partial charge in [-0.3, -0.25) is 5.32 Å². The number of hydrogen-bond donors (Lipinski definition) is 3. The molecule has 2 heterocycles. The van der Waals surface area contributed by atoms with E-state index < -0.39 is 27.3 Å². The van der Waals surface area contributed by atoms with Gasteiger partial charge in [0.05, 0.1) is 16.8 Å². The van der Waals surface area contributed by atoms with Crippen LogP contribution >= 0.6 is 11.3 Å². The number of benzene rings is 1. The number of aryl methyl sites for hydroxylation is 1. The van der Waals surface area contributed by atoms with Crippen molar-refractivity contribution in [2.45, 2.75) is 37.7 Å². The molecule has 9 nitrogen and oxygen atoms in total. The van der Waals surface area contributed by atoms with Crippen molar-refractivity contribution in [2.75, 3.05) is 18.1 Å². The fourth-order valence-corrected chi connectivity index (χ4v) is 4.48. The predicted molar refractivity (Wildman–Crippen MR) is 118 cm³/mol. The SMILES string of the molecule is Cc1nc(NC(=O)NCCc2ncc(C(C)(C)O)o2)sc1-c1ccc(S(C)(=O)=O)c(F)c1. The molecule has 3 rings (SSSR count). The van der Waals surface area contributed by atoms with Gasteiger partial charge in [0.15, 0.2) is 26.6 Å². The molecule has 172 valence electrons. The zero-order valence-corrected chi connectivity index (χ0v) is 19.5. The molecular formula is C20H23FN4O5S2. The van der Waals surface area contributed by atoms with E-state index in [1.165, 1.54) is 18.3 Å². The van der Waals surface area contributed by atoms with E-state index in [-0.39, 0.29) is 11.4 Å². The van der Waals surface area contributed by atoms with Gasteiger partial charge in [-0.15, -0.1) is 0 Å². The Bertz CT molecular complexity index is 1250. The van der Waals surface area contributed by atoms with Gasteiger partial charge in [0.2, 0.25) is 0 Å². The third kappa shape index (κ3) is 5.69. The fraction of sp³-hybridized carbons (Fsp3) is 0.350. The molecule has 3 N–H and O–H groups in total. The molecule has 0 aliphatic rings. The predicted octanol–water partition coefficient (Wildman–Crippen LogP) is 3.24. The summed E-state index contributed by atoms with van der Waals surface area (Å²) in [6.45, 7) is 5.12. The molecule has 3 aromatic rings. The van der Waals surface area contributed by atoms with Crippen LogP contribution in [0.5, 0.6) is 0 Å². The summed E-state index contributed by atoms with van der Waals surface area (Å²) in [6.07, 6.45) is 2.72. The van der Waals surface area contributed by atoms with Gasteiger partial charge in [-0.25, -0.2) is 27.6 Å². The first-order valence-corrected chi connectivity index (χ1v) is 12.2. The van der Waals surface area contributed by atoms with E-state index in [2.05, 4.69) is 20.6 Å². The van der Waals surface area contributed by atoms with Crippen LogP contribution in [0.15, 0.2) is 33.7 Å². The third-order valence-corrected chi connectivity index (χ3v) is 6.64. The van der Waals surface area contributed by atoms with Crippen molar-refractivity contribution in [1.82, 2.24) is 15.3 Å². The molecule has 0 saturated carbocycles. The normalized spacial score (nSPS) is 12.1. The van der Waals surface area contributed by atoms with E-state index in [1.807, 2.05) is 0 Å². The Morgan fingerprint density at radius 3 is 2.66 bits per heavy atom. The number of anilines is 1. The Kier molecular flexibility index (Phi) is 6.67. The summed E-state index contributed by atoms with van der Waals surface area (Å²) >= 11 is 1.14. The van der Waals surface area contributed by atoms with Gasteiger partial charge in [0.25, 0.3) is 0 Å². The van der Waals surface area contributed by atoms with Crippen LogP contribution in [-0.2, 0) is 21.9 Å². The maximum Gasteiger partial charge on any atom is 0.321 e. The Morgan fingerprint density at radius 1 is 1.34 bits per heavy atom. The van der Waals surface area contributed by atoms with Gasteiger partial charge < -0.3 is 14.8 Å². The second kappa shape index (κ2) is 8.96. The van der Waals surface area contributed by atoms with Gasteiger partial charge in [0, 0.05) is 19.2 Å². The number of hydrogen-bond acceptors (Lipinski definition) is 8. The first-order chi connectivity index (χ1) is 14.8. The number of aromatic nitrogens is 2. The van der Waals surface area contributed by atoms with Crippen LogP contribution in [0, 0.1) is 12.7 Å². The summed E-state index contributed by atoms with van der Waals surface area (Å²) in [7, 11) is -3.66. The van der Waals surface area contributed by atoms with Gasteiger partial charge in [0.1, 0.15) is 16.3 Å². The maximum absolute atomic E-state index is 14.2. The second-order valence-corrected chi connectivity index (χ2v) is 10.6. The Hall–Kier alpha value is -2.83. The quantitative estimate of drug-likeness (QED) is 0.470. The van der Waals surface area contributed by atoms with E-state index in [0.29, 0.717) is 39.3 Å². The lowest BCUT2D eigenvalue weighted by atomic mass is 10.1. The monoisotopic (exact) mass is 482 g/mol. The van der Waals surface area contributed by atoms with Crippen molar-refractivity contribution in [1.29, 1.82) is 0 Å². The average molecular weight is 483 g/mol. The van der Waals surface area contributed by atoms with Crippen molar-refractivity contribution in [3.05, 3.63) is 47.6 Å². The molecule has 0 aliphatic carbocycles. The molecule has 2 aromatic heterocycles. The van der Waals surface area contributed by atoms with E-state index in [1.54, 1.807) is 20.8 Å². The largest absolute Gasteiger partial charge is 0.443 e. The highest BCUT2D eigenvalue weighted by Crippen LogP contribution is 2.34. The van der Waals surface area contributed by atoms with E-state index in [9.17, 15) is 22.7 Å². The lowest BCUT2D eigenvalue weighted by Crippen LogP contribution is -2.30. The highest BCUT2D eigenvalue weighted by molar-refractivity contribution is 7.90.